The number of alkyl halides is 6. The Kier molecular flexibility index (Phi) is 10.7. The number of aryl methyl sites for hydroxylation is 4. The van der Waals surface area contributed by atoms with Gasteiger partial charge < -0.3 is 9.84 Å². The van der Waals surface area contributed by atoms with E-state index >= 15 is 0 Å². The first kappa shape index (κ1) is 28.4. The van der Waals surface area contributed by atoms with Gasteiger partial charge in [-0.25, -0.2) is 4.68 Å². The topological polar surface area (TPSA) is 99.2 Å². The standard InChI is InChI=1S/C8H9F3N2O2.C6H7ClN2O.C2H3F3O/c1-5-6(3-14)7(13(2)12-5)15-4-8(9,10)11;1-4-5(3-10)6(7)9(2)8-4;3-2(4,5)1-6/h3H,4H2,1-2H3;3H,1-2H3;6H,1H2. The van der Waals surface area contributed by atoms with Gasteiger partial charge in [0.25, 0.3) is 0 Å². The minimum Gasteiger partial charge on any atom is -0.468 e. The summed E-state index contributed by atoms with van der Waals surface area (Å²) in [4.78, 5) is 20.9. The summed E-state index contributed by atoms with van der Waals surface area (Å²) in [6, 6.07) is 0. The van der Waals surface area contributed by atoms with Crippen molar-refractivity contribution in [2.45, 2.75) is 26.2 Å². The third kappa shape index (κ3) is 9.83. The van der Waals surface area contributed by atoms with E-state index in [1.807, 2.05) is 0 Å². The van der Waals surface area contributed by atoms with Crippen LogP contribution >= 0.6 is 11.6 Å². The summed E-state index contributed by atoms with van der Waals surface area (Å²) in [5, 5.41) is 15.4. The molecule has 2 rings (SSSR count). The molecule has 0 amide bonds. The molecule has 0 atom stereocenters. The molecule has 2 heterocycles. The molecule has 31 heavy (non-hydrogen) atoms. The first-order valence-corrected chi connectivity index (χ1v) is 8.45. The summed E-state index contributed by atoms with van der Waals surface area (Å²) < 4.78 is 74.3. The third-order valence-electron chi connectivity index (χ3n) is 3.20. The predicted octanol–water partition coefficient (Wildman–Crippen LogP) is 3.22. The Morgan fingerprint density at radius 1 is 0.935 bits per heavy atom. The van der Waals surface area contributed by atoms with Crippen molar-refractivity contribution in [2.24, 2.45) is 14.1 Å². The van der Waals surface area contributed by atoms with Gasteiger partial charge in [-0.1, -0.05) is 11.6 Å². The minimum absolute atomic E-state index is 0.0433. The Hall–Kier alpha value is -2.61. The van der Waals surface area contributed by atoms with Crippen molar-refractivity contribution < 1.29 is 45.8 Å². The molecular formula is C16H19ClF6N4O4. The first-order chi connectivity index (χ1) is 14.1. The molecule has 15 heteroatoms. The number of carbonyl (C=O) groups excluding carboxylic acids is 2. The van der Waals surface area contributed by atoms with Crippen LogP contribution in [0.3, 0.4) is 0 Å². The molecule has 8 nitrogen and oxygen atoms in total. The summed E-state index contributed by atoms with van der Waals surface area (Å²) in [6.07, 6.45) is -7.70. The van der Waals surface area contributed by atoms with E-state index in [0.29, 0.717) is 34.7 Å². The summed E-state index contributed by atoms with van der Waals surface area (Å²) in [5.74, 6) is -0.167. The highest BCUT2D eigenvalue weighted by molar-refractivity contribution is 6.32. The monoisotopic (exact) mass is 480 g/mol. The second-order valence-corrected chi connectivity index (χ2v) is 6.11. The first-order valence-electron chi connectivity index (χ1n) is 8.08. The molecule has 0 radical (unpaired) electrons. The fourth-order valence-corrected chi connectivity index (χ4v) is 2.11. The highest BCUT2D eigenvalue weighted by Crippen LogP contribution is 2.22. The Balaban J connectivity index is 0.000000484. The van der Waals surface area contributed by atoms with Crippen LogP contribution in [0.4, 0.5) is 26.3 Å². The van der Waals surface area contributed by atoms with Crippen molar-refractivity contribution >= 4 is 24.2 Å². The van der Waals surface area contributed by atoms with Gasteiger partial charge in [0.1, 0.15) is 11.8 Å². The minimum atomic E-state index is -4.43. The second-order valence-electron chi connectivity index (χ2n) is 5.75. The fraction of sp³-hybridized carbons (Fsp3) is 0.500. The van der Waals surface area contributed by atoms with Gasteiger partial charge in [-0.05, 0) is 13.8 Å². The number of hydrogen-bond donors (Lipinski definition) is 1. The van der Waals surface area contributed by atoms with Crippen molar-refractivity contribution in [1.29, 1.82) is 0 Å². The van der Waals surface area contributed by atoms with Gasteiger partial charge >= 0.3 is 12.4 Å². The molecule has 0 aliphatic rings. The van der Waals surface area contributed by atoms with Gasteiger partial charge in [-0.2, -0.15) is 36.5 Å². The molecule has 0 saturated heterocycles. The summed E-state index contributed by atoms with van der Waals surface area (Å²) in [5.41, 5.74) is 1.53. The van der Waals surface area contributed by atoms with E-state index < -0.39 is 25.6 Å². The third-order valence-corrected chi connectivity index (χ3v) is 3.65. The number of nitrogens with zero attached hydrogens (tertiary/aromatic N) is 4. The van der Waals surface area contributed by atoms with Crippen LogP contribution < -0.4 is 4.74 Å². The highest BCUT2D eigenvalue weighted by Gasteiger charge is 2.30. The van der Waals surface area contributed by atoms with Gasteiger partial charge in [-0.3, -0.25) is 14.3 Å². The van der Waals surface area contributed by atoms with Gasteiger partial charge in [0, 0.05) is 14.1 Å². The van der Waals surface area contributed by atoms with Crippen LogP contribution in [0.15, 0.2) is 0 Å². The number of rotatable bonds is 4. The van der Waals surface area contributed by atoms with E-state index in [4.69, 9.17) is 16.7 Å². The molecule has 1 N–H and O–H groups in total. The van der Waals surface area contributed by atoms with Crippen LogP contribution in [0.5, 0.6) is 5.88 Å². The molecule has 2 aromatic heterocycles. The number of ether oxygens (including phenoxy) is 1. The van der Waals surface area contributed by atoms with Gasteiger partial charge in [0.05, 0.1) is 22.5 Å². The van der Waals surface area contributed by atoms with Crippen molar-refractivity contribution in [3.8, 4) is 5.88 Å². The SMILES string of the molecule is Cc1nn(C)c(Cl)c1C=O.Cc1nn(C)c(OCC(F)(F)F)c1C=O.OCC(F)(F)F. The zero-order chi connectivity index (χ0) is 24.6. The number of halogens is 7. The van der Waals surface area contributed by atoms with E-state index in [-0.39, 0.29) is 11.4 Å². The number of aromatic nitrogens is 4. The van der Waals surface area contributed by atoms with Crippen LogP contribution in [0.1, 0.15) is 32.1 Å². The molecule has 2 aromatic rings. The maximum absolute atomic E-state index is 11.9. The average molecular weight is 481 g/mol. The lowest BCUT2D eigenvalue weighted by Crippen LogP contribution is -2.20. The highest BCUT2D eigenvalue weighted by atomic mass is 35.5. The molecule has 0 aliphatic heterocycles. The van der Waals surface area contributed by atoms with Crippen molar-refractivity contribution in [1.82, 2.24) is 19.6 Å². The molecular weight excluding hydrogens is 462 g/mol. The van der Waals surface area contributed by atoms with Gasteiger partial charge in [0.15, 0.2) is 19.2 Å². The summed E-state index contributed by atoms with van der Waals surface area (Å²) in [7, 11) is 3.11. The van der Waals surface area contributed by atoms with Crippen LogP contribution in [-0.4, -0.2) is 62.8 Å². The fourth-order valence-electron chi connectivity index (χ4n) is 1.89. The normalized spacial score (nSPS) is 11.1. The molecule has 0 spiro atoms. The molecule has 0 saturated carbocycles. The van der Waals surface area contributed by atoms with Crippen molar-refractivity contribution in [3.63, 3.8) is 0 Å². The van der Waals surface area contributed by atoms with Crippen LogP contribution in [0.2, 0.25) is 5.15 Å². The molecule has 0 aliphatic carbocycles. The van der Waals surface area contributed by atoms with Gasteiger partial charge in [0.2, 0.25) is 5.88 Å². The molecule has 0 unspecified atom stereocenters. The number of hydrogen-bond acceptors (Lipinski definition) is 6. The molecule has 0 fully saturated rings. The number of carbonyl (C=O) groups is 2. The molecule has 0 aromatic carbocycles. The molecule has 176 valence electrons. The van der Waals surface area contributed by atoms with Gasteiger partial charge in [-0.15, -0.1) is 0 Å². The Morgan fingerprint density at radius 3 is 1.65 bits per heavy atom. The lowest BCUT2D eigenvalue weighted by Gasteiger charge is -2.09. The Bertz CT molecular complexity index is 877. The van der Waals surface area contributed by atoms with E-state index in [1.165, 1.54) is 18.7 Å². The second kappa shape index (κ2) is 11.7. The summed E-state index contributed by atoms with van der Waals surface area (Å²) in [6.45, 7) is 0.0968. The lowest BCUT2D eigenvalue weighted by atomic mass is 10.3. The van der Waals surface area contributed by atoms with E-state index in [0.717, 1.165) is 4.68 Å². The quantitative estimate of drug-likeness (QED) is 0.533. The predicted molar refractivity (Wildman–Crippen MR) is 96.4 cm³/mol. The number of aldehydes is 2. The zero-order valence-electron chi connectivity index (χ0n) is 16.7. The van der Waals surface area contributed by atoms with Crippen LogP contribution in [0, 0.1) is 13.8 Å². The van der Waals surface area contributed by atoms with E-state index in [1.54, 1.807) is 14.0 Å². The maximum atomic E-state index is 11.9. The lowest BCUT2D eigenvalue weighted by molar-refractivity contribution is -0.159. The Labute approximate surface area is 177 Å². The van der Waals surface area contributed by atoms with Crippen LogP contribution in [-0.2, 0) is 14.1 Å². The maximum Gasteiger partial charge on any atom is 0.422 e. The van der Waals surface area contributed by atoms with Crippen molar-refractivity contribution in [3.05, 3.63) is 27.7 Å². The zero-order valence-corrected chi connectivity index (χ0v) is 17.4. The average Bonchev–Trinajstić information content (AvgIpc) is 3.06. The van der Waals surface area contributed by atoms with Crippen LogP contribution in [0.25, 0.3) is 0 Å². The largest absolute Gasteiger partial charge is 0.468 e. The van der Waals surface area contributed by atoms with E-state index in [9.17, 15) is 35.9 Å². The Morgan fingerprint density at radius 2 is 1.35 bits per heavy atom. The smallest absolute Gasteiger partial charge is 0.422 e. The number of aliphatic hydroxyl groups is 1. The van der Waals surface area contributed by atoms with E-state index in [2.05, 4.69) is 14.9 Å². The molecule has 0 bridgehead atoms. The van der Waals surface area contributed by atoms with Crippen molar-refractivity contribution in [2.75, 3.05) is 13.2 Å². The number of aliphatic hydroxyl groups excluding tert-OH is 1. The summed E-state index contributed by atoms with van der Waals surface area (Å²) >= 11 is 5.68.